The normalized spacial score (nSPS) is 17.3. The van der Waals surface area contributed by atoms with Crippen molar-refractivity contribution in [2.45, 2.75) is 6.92 Å². The third-order valence-corrected chi connectivity index (χ3v) is 4.73. The monoisotopic (exact) mass is 490 g/mol. The molecule has 0 bridgehead atoms. The predicted octanol–water partition coefficient (Wildman–Crippen LogP) is -1.81. The van der Waals surface area contributed by atoms with E-state index in [1.54, 1.807) is 19.6 Å². The summed E-state index contributed by atoms with van der Waals surface area (Å²) in [6, 6.07) is 0. The Morgan fingerprint density at radius 2 is 0.676 bits per heavy atom. The van der Waals surface area contributed by atoms with Crippen LogP contribution in [0.3, 0.4) is 0 Å². The standard InChI is InChI=1S/C16H28N4O8.C4H6O2/c21-13(22)9-17-1-2-18(10-14(23)24)5-6-20(12-16(27)28)8-7-19(4-3-17)11-15(25)26;1-3(2)4(5)6/h1-12H2,(H,21,22)(H,23,24)(H,25,26)(H,27,28);1H2,2H3,(H,5,6). The number of rotatable bonds is 9. The number of hydrogen-bond donors (Lipinski definition) is 5. The fraction of sp³-hybridized carbons (Fsp3) is 0.650. The molecule has 0 amide bonds. The molecule has 1 fully saturated rings. The van der Waals surface area contributed by atoms with Crippen molar-refractivity contribution in [3.05, 3.63) is 12.2 Å². The second kappa shape index (κ2) is 16.5. The first-order valence-electron chi connectivity index (χ1n) is 10.5. The molecule has 14 nitrogen and oxygen atoms in total. The van der Waals surface area contributed by atoms with Gasteiger partial charge in [-0.2, -0.15) is 0 Å². The van der Waals surface area contributed by atoms with Crippen molar-refractivity contribution in [2.75, 3.05) is 78.5 Å². The first-order valence-corrected chi connectivity index (χ1v) is 10.5. The van der Waals surface area contributed by atoms with Crippen molar-refractivity contribution in [1.29, 1.82) is 0 Å². The van der Waals surface area contributed by atoms with Crippen LogP contribution in [0, 0.1) is 0 Å². The summed E-state index contributed by atoms with van der Waals surface area (Å²) >= 11 is 0. The fourth-order valence-electron chi connectivity index (χ4n) is 2.98. The number of carboxylic acids is 5. The number of nitrogens with zero attached hydrogens (tertiary/aromatic N) is 4. The van der Waals surface area contributed by atoms with Crippen molar-refractivity contribution < 1.29 is 49.5 Å². The molecule has 0 saturated carbocycles. The second-order valence-corrected chi connectivity index (χ2v) is 7.77. The smallest absolute Gasteiger partial charge is 0.330 e. The van der Waals surface area contributed by atoms with E-state index in [2.05, 4.69) is 6.58 Å². The zero-order valence-electron chi connectivity index (χ0n) is 19.3. The average Bonchev–Trinajstić information content (AvgIpc) is 2.68. The van der Waals surface area contributed by atoms with Crippen LogP contribution in [0.15, 0.2) is 12.2 Å². The highest BCUT2D eigenvalue weighted by Crippen LogP contribution is 2.01. The molecule has 5 N–H and O–H groups in total. The Hall–Kier alpha value is -3.07. The van der Waals surface area contributed by atoms with Crippen LogP contribution in [0.25, 0.3) is 0 Å². The summed E-state index contributed by atoms with van der Waals surface area (Å²) in [7, 11) is 0. The second-order valence-electron chi connectivity index (χ2n) is 7.77. The summed E-state index contributed by atoms with van der Waals surface area (Å²) in [5.74, 6) is -5.01. The molecular weight excluding hydrogens is 456 g/mol. The van der Waals surface area contributed by atoms with Crippen LogP contribution in [0.1, 0.15) is 6.92 Å². The molecule has 34 heavy (non-hydrogen) atoms. The minimum atomic E-state index is -1.02. The van der Waals surface area contributed by atoms with Gasteiger partial charge < -0.3 is 25.5 Å². The lowest BCUT2D eigenvalue weighted by molar-refractivity contribution is -0.141. The molecule has 1 aliphatic heterocycles. The Kier molecular flexibility index (Phi) is 15.0. The van der Waals surface area contributed by atoms with E-state index in [0.29, 0.717) is 52.4 Å². The lowest BCUT2D eigenvalue weighted by atomic mass is 10.3. The van der Waals surface area contributed by atoms with Gasteiger partial charge in [-0.05, 0) is 6.92 Å². The Morgan fingerprint density at radius 3 is 0.765 bits per heavy atom. The van der Waals surface area contributed by atoms with E-state index in [1.807, 2.05) is 0 Å². The molecule has 194 valence electrons. The molecule has 0 aliphatic carbocycles. The Balaban J connectivity index is 0.00000160. The molecule has 0 aromatic carbocycles. The molecule has 1 rings (SSSR count). The van der Waals surface area contributed by atoms with E-state index in [0.717, 1.165) is 0 Å². The number of hydrogen-bond acceptors (Lipinski definition) is 9. The van der Waals surface area contributed by atoms with Gasteiger partial charge >= 0.3 is 29.8 Å². The van der Waals surface area contributed by atoms with Gasteiger partial charge in [0.2, 0.25) is 0 Å². The highest BCUT2D eigenvalue weighted by Gasteiger charge is 2.20. The molecule has 0 spiro atoms. The summed E-state index contributed by atoms with van der Waals surface area (Å²) in [5, 5.41) is 44.2. The minimum Gasteiger partial charge on any atom is -0.480 e. The summed E-state index contributed by atoms with van der Waals surface area (Å²) in [4.78, 5) is 60.5. The van der Waals surface area contributed by atoms with Crippen LogP contribution in [-0.4, -0.2) is 154 Å². The third-order valence-electron chi connectivity index (χ3n) is 4.73. The maximum atomic E-state index is 11.1. The van der Waals surface area contributed by atoms with E-state index < -0.39 is 29.8 Å². The molecule has 0 unspecified atom stereocenters. The Labute approximate surface area is 197 Å². The van der Waals surface area contributed by atoms with Gasteiger partial charge in [0.05, 0.1) is 26.2 Å². The lowest BCUT2D eigenvalue weighted by Crippen LogP contribution is -2.49. The molecule has 1 heterocycles. The molecular formula is C20H34N4O10. The van der Waals surface area contributed by atoms with Gasteiger partial charge in [-0.25, -0.2) is 4.79 Å². The molecule has 0 aromatic heterocycles. The van der Waals surface area contributed by atoms with Gasteiger partial charge in [-0.1, -0.05) is 6.58 Å². The van der Waals surface area contributed by atoms with Crippen molar-refractivity contribution in [2.24, 2.45) is 0 Å². The molecule has 0 radical (unpaired) electrons. The maximum Gasteiger partial charge on any atom is 0.330 e. The number of carbonyl (C=O) groups is 5. The Morgan fingerprint density at radius 1 is 0.529 bits per heavy atom. The van der Waals surface area contributed by atoms with Gasteiger partial charge in [-0.3, -0.25) is 38.8 Å². The zero-order chi connectivity index (χ0) is 26.3. The maximum absolute atomic E-state index is 11.1. The van der Waals surface area contributed by atoms with Gasteiger partial charge in [0, 0.05) is 57.9 Å². The molecule has 0 aromatic rings. The summed E-state index contributed by atoms with van der Waals surface area (Å²) in [5.41, 5.74) is 0.176. The van der Waals surface area contributed by atoms with Crippen LogP contribution in [-0.2, 0) is 24.0 Å². The van der Waals surface area contributed by atoms with E-state index in [-0.39, 0.29) is 31.8 Å². The van der Waals surface area contributed by atoms with Crippen molar-refractivity contribution in [1.82, 2.24) is 19.6 Å². The molecule has 0 atom stereocenters. The largest absolute Gasteiger partial charge is 0.480 e. The van der Waals surface area contributed by atoms with Gasteiger partial charge in [-0.15, -0.1) is 0 Å². The molecule has 14 heteroatoms. The summed E-state index contributed by atoms with van der Waals surface area (Å²) < 4.78 is 0. The minimum absolute atomic E-state index is 0.176. The van der Waals surface area contributed by atoms with Gasteiger partial charge in [0.15, 0.2) is 0 Å². The fourth-order valence-corrected chi connectivity index (χ4v) is 2.98. The first-order chi connectivity index (χ1) is 15.8. The zero-order valence-corrected chi connectivity index (χ0v) is 19.3. The number of aliphatic carboxylic acids is 5. The van der Waals surface area contributed by atoms with Crippen LogP contribution in [0.5, 0.6) is 0 Å². The van der Waals surface area contributed by atoms with Crippen LogP contribution < -0.4 is 0 Å². The quantitative estimate of drug-likeness (QED) is 0.227. The van der Waals surface area contributed by atoms with Crippen LogP contribution in [0.4, 0.5) is 0 Å². The lowest BCUT2D eigenvalue weighted by Gasteiger charge is -2.32. The SMILES string of the molecule is C=C(C)C(=O)O.O=C(O)CN1CCN(CC(=O)O)CCN(CC(=O)O)CCN(CC(=O)O)CC1. The van der Waals surface area contributed by atoms with Gasteiger partial charge in [0.1, 0.15) is 0 Å². The van der Waals surface area contributed by atoms with E-state index in [4.69, 9.17) is 25.5 Å². The van der Waals surface area contributed by atoms with Crippen LogP contribution in [0.2, 0.25) is 0 Å². The van der Waals surface area contributed by atoms with Crippen LogP contribution >= 0.6 is 0 Å². The van der Waals surface area contributed by atoms with E-state index >= 15 is 0 Å². The highest BCUT2D eigenvalue weighted by atomic mass is 16.4. The highest BCUT2D eigenvalue weighted by molar-refractivity contribution is 5.84. The summed E-state index contributed by atoms with van der Waals surface area (Å²) in [6.45, 7) is 6.12. The predicted molar refractivity (Wildman–Crippen MR) is 119 cm³/mol. The topological polar surface area (TPSA) is 199 Å². The first kappa shape index (κ1) is 30.9. The van der Waals surface area contributed by atoms with Crippen molar-refractivity contribution >= 4 is 29.8 Å². The Bertz CT molecular complexity index is 606. The number of carboxylic acid groups (broad SMARTS) is 5. The molecule has 1 aliphatic rings. The third kappa shape index (κ3) is 16.5. The summed E-state index contributed by atoms with van der Waals surface area (Å²) in [6.07, 6.45) is 0. The van der Waals surface area contributed by atoms with E-state index in [9.17, 15) is 24.0 Å². The van der Waals surface area contributed by atoms with Crippen molar-refractivity contribution in [3.63, 3.8) is 0 Å². The average molecular weight is 491 g/mol. The van der Waals surface area contributed by atoms with E-state index in [1.165, 1.54) is 6.92 Å². The van der Waals surface area contributed by atoms with Crippen molar-refractivity contribution in [3.8, 4) is 0 Å². The molecule has 1 saturated heterocycles. The van der Waals surface area contributed by atoms with Gasteiger partial charge in [0.25, 0.3) is 0 Å².